The molecule has 0 aliphatic carbocycles. The van der Waals surface area contributed by atoms with Crippen LogP contribution < -0.4 is 9.47 Å². The topological polar surface area (TPSA) is 57.5 Å². The van der Waals surface area contributed by atoms with Gasteiger partial charge in [0, 0.05) is 38.3 Å². The molecule has 2 aromatic rings. The molecule has 0 unspecified atom stereocenters. The van der Waals surface area contributed by atoms with Crippen molar-refractivity contribution >= 4 is 6.21 Å². The highest BCUT2D eigenvalue weighted by Gasteiger charge is 2.15. The van der Waals surface area contributed by atoms with Crippen molar-refractivity contribution in [3.05, 3.63) is 53.6 Å². The van der Waals surface area contributed by atoms with Gasteiger partial charge in [0.25, 0.3) is 0 Å². The van der Waals surface area contributed by atoms with Crippen LogP contribution in [0.25, 0.3) is 0 Å². The van der Waals surface area contributed by atoms with Crippen LogP contribution in [0.15, 0.2) is 47.6 Å². The minimum absolute atomic E-state index is 0.00155. The minimum atomic E-state index is 0.00155. The van der Waals surface area contributed by atoms with E-state index in [4.69, 9.17) is 9.47 Å². The summed E-state index contributed by atoms with van der Waals surface area (Å²) in [7, 11) is 3.03. The zero-order valence-electron chi connectivity index (χ0n) is 15.3. The lowest BCUT2D eigenvalue weighted by molar-refractivity contribution is 0.131. The van der Waals surface area contributed by atoms with E-state index in [1.54, 1.807) is 18.3 Å². The van der Waals surface area contributed by atoms with E-state index in [0.717, 1.165) is 38.3 Å². The molecule has 1 aliphatic heterocycles. The number of aromatic hydroxyl groups is 1. The summed E-state index contributed by atoms with van der Waals surface area (Å²) in [6.07, 6.45) is 1.78. The molecule has 0 bridgehead atoms. The van der Waals surface area contributed by atoms with E-state index in [1.165, 1.54) is 19.8 Å². The van der Waals surface area contributed by atoms with Gasteiger partial charge in [0.1, 0.15) is 0 Å². The Morgan fingerprint density at radius 2 is 1.62 bits per heavy atom. The van der Waals surface area contributed by atoms with Crippen LogP contribution in [-0.2, 0) is 6.54 Å². The first-order chi connectivity index (χ1) is 12.7. The summed E-state index contributed by atoms with van der Waals surface area (Å²) < 4.78 is 10.4. The summed E-state index contributed by atoms with van der Waals surface area (Å²) in [6.45, 7) is 4.71. The largest absolute Gasteiger partial charge is 0.502 e. The summed E-state index contributed by atoms with van der Waals surface area (Å²) in [5.41, 5.74) is 2.16. The number of rotatable bonds is 6. The van der Waals surface area contributed by atoms with Crippen molar-refractivity contribution in [2.75, 3.05) is 40.4 Å². The Labute approximate surface area is 154 Å². The number of piperazine rings is 1. The second-order valence-electron chi connectivity index (χ2n) is 6.23. The van der Waals surface area contributed by atoms with Crippen LogP contribution in [0.5, 0.6) is 17.2 Å². The average molecular weight is 355 g/mol. The molecular weight excluding hydrogens is 330 g/mol. The maximum atomic E-state index is 9.97. The highest BCUT2D eigenvalue weighted by Crippen LogP contribution is 2.36. The Morgan fingerprint density at radius 3 is 2.19 bits per heavy atom. The molecule has 6 nitrogen and oxygen atoms in total. The SMILES string of the molecule is COc1cc(/C=N\N2CCN(Cc3ccccc3)CC2)cc(OC)c1O. The van der Waals surface area contributed by atoms with Gasteiger partial charge in [-0.1, -0.05) is 30.3 Å². The van der Waals surface area contributed by atoms with E-state index in [2.05, 4.69) is 39.3 Å². The van der Waals surface area contributed by atoms with E-state index in [9.17, 15) is 5.11 Å². The molecule has 1 fully saturated rings. The van der Waals surface area contributed by atoms with Crippen molar-refractivity contribution in [3.63, 3.8) is 0 Å². The van der Waals surface area contributed by atoms with Crippen LogP contribution in [0.3, 0.4) is 0 Å². The molecule has 2 aromatic carbocycles. The van der Waals surface area contributed by atoms with Gasteiger partial charge in [-0.3, -0.25) is 9.91 Å². The van der Waals surface area contributed by atoms with Crippen LogP contribution >= 0.6 is 0 Å². The fourth-order valence-corrected chi connectivity index (χ4v) is 2.99. The van der Waals surface area contributed by atoms with Gasteiger partial charge in [-0.25, -0.2) is 0 Å². The molecule has 26 heavy (non-hydrogen) atoms. The van der Waals surface area contributed by atoms with Crippen molar-refractivity contribution in [1.29, 1.82) is 0 Å². The molecule has 1 N–H and O–H groups in total. The van der Waals surface area contributed by atoms with Crippen molar-refractivity contribution in [2.24, 2.45) is 5.10 Å². The number of methoxy groups -OCH3 is 2. The highest BCUT2D eigenvalue weighted by atomic mass is 16.5. The summed E-state index contributed by atoms with van der Waals surface area (Å²) in [5.74, 6) is 0.749. The molecule has 1 heterocycles. The van der Waals surface area contributed by atoms with Crippen molar-refractivity contribution in [2.45, 2.75) is 6.54 Å². The normalized spacial score (nSPS) is 15.4. The van der Waals surface area contributed by atoms with Crippen LogP contribution in [0.1, 0.15) is 11.1 Å². The third kappa shape index (κ3) is 4.46. The Kier molecular flexibility index (Phi) is 5.96. The molecule has 0 atom stereocenters. The molecule has 0 aromatic heterocycles. The summed E-state index contributed by atoms with van der Waals surface area (Å²) in [4.78, 5) is 2.44. The number of hydrogen-bond donors (Lipinski definition) is 1. The molecule has 0 radical (unpaired) electrons. The first kappa shape index (κ1) is 18.1. The molecule has 138 valence electrons. The first-order valence-electron chi connectivity index (χ1n) is 8.70. The fourth-order valence-electron chi connectivity index (χ4n) is 2.99. The smallest absolute Gasteiger partial charge is 0.200 e. The van der Waals surface area contributed by atoms with E-state index >= 15 is 0 Å². The third-order valence-corrected chi connectivity index (χ3v) is 4.47. The van der Waals surface area contributed by atoms with Crippen LogP contribution in [0.4, 0.5) is 0 Å². The molecule has 6 heteroatoms. The first-order valence-corrected chi connectivity index (χ1v) is 8.70. The van der Waals surface area contributed by atoms with E-state index in [-0.39, 0.29) is 5.75 Å². The zero-order chi connectivity index (χ0) is 18.4. The predicted molar refractivity (Wildman–Crippen MR) is 102 cm³/mol. The standard InChI is InChI=1S/C20H25N3O3/c1-25-18-12-17(13-19(26-2)20(18)24)14-21-23-10-8-22(9-11-23)15-16-6-4-3-5-7-16/h3-7,12-14,24H,8-11,15H2,1-2H3/b21-14-. The van der Waals surface area contributed by atoms with E-state index in [1.807, 2.05) is 6.07 Å². The Hall–Kier alpha value is -2.73. The zero-order valence-corrected chi connectivity index (χ0v) is 15.3. The lowest BCUT2D eigenvalue weighted by Crippen LogP contribution is -2.43. The number of hydrogen-bond acceptors (Lipinski definition) is 6. The summed E-state index contributed by atoms with van der Waals surface area (Å²) in [6, 6.07) is 14.0. The lowest BCUT2D eigenvalue weighted by atomic mass is 10.2. The molecular formula is C20H25N3O3. The molecule has 3 rings (SSSR count). The molecule has 0 spiro atoms. The third-order valence-electron chi connectivity index (χ3n) is 4.47. The van der Waals surface area contributed by atoms with Gasteiger partial charge < -0.3 is 14.6 Å². The van der Waals surface area contributed by atoms with Crippen LogP contribution in [0, 0.1) is 0 Å². The van der Waals surface area contributed by atoms with Gasteiger partial charge in [-0.2, -0.15) is 5.10 Å². The van der Waals surface area contributed by atoms with Gasteiger partial charge in [0.15, 0.2) is 11.5 Å². The fraction of sp³-hybridized carbons (Fsp3) is 0.350. The number of ether oxygens (including phenoxy) is 2. The second kappa shape index (κ2) is 8.58. The second-order valence-corrected chi connectivity index (χ2v) is 6.23. The molecule has 1 saturated heterocycles. The molecule has 0 saturated carbocycles. The Morgan fingerprint density at radius 1 is 1.00 bits per heavy atom. The molecule has 1 aliphatic rings. The Balaban J connectivity index is 1.57. The summed E-state index contributed by atoms with van der Waals surface area (Å²) in [5, 5.41) is 16.6. The van der Waals surface area contributed by atoms with Crippen molar-refractivity contribution in [3.8, 4) is 17.2 Å². The quantitative estimate of drug-likeness (QED) is 0.807. The maximum absolute atomic E-state index is 9.97. The van der Waals surface area contributed by atoms with Gasteiger partial charge in [0.2, 0.25) is 5.75 Å². The average Bonchev–Trinajstić information content (AvgIpc) is 2.69. The van der Waals surface area contributed by atoms with Crippen molar-refractivity contribution < 1.29 is 14.6 Å². The van der Waals surface area contributed by atoms with Crippen LogP contribution in [-0.4, -0.2) is 61.6 Å². The van der Waals surface area contributed by atoms with E-state index in [0.29, 0.717) is 11.5 Å². The van der Waals surface area contributed by atoms with Crippen LogP contribution in [0.2, 0.25) is 0 Å². The lowest BCUT2D eigenvalue weighted by Gasteiger charge is -2.33. The maximum Gasteiger partial charge on any atom is 0.200 e. The number of nitrogens with zero attached hydrogens (tertiary/aromatic N) is 3. The number of phenolic OH excluding ortho intramolecular Hbond substituents is 1. The van der Waals surface area contributed by atoms with Gasteiger partial charge in [-0.15, -0.1) is 0 Å². The number of benzene rings is 2. The minimum Gasteiger partial charge on any atom is -0.502 e. The predicted octanol–water partition coefficient (Wildman–Crippen LogP) is 2.56. The Bertz CT molecular complexity index is 716. The summed E-state index contributed by atoms with van der Waals surface area (Å²) >= 11 is 0. The molecule has 0 amide bonds. The van der Waals surface area contributed by atoms with Crippen molar-refractivity contribution in [1.82, 2.24) is 9.91 Å². The number of phenols is 1. The van der Waals surface area contributed by atoms with Gasteiger partial charge in [-0.05, 0) is 17.7 Å². The number of hydrazone groups is 1. The van der Waals surface area contributed by atoms with Gasteiger partial charge >= 0.3 is 0 Å². The van der Waals surface area contributed by atoms with Gasteiger partial charge in [0.05, 0.1) is 20.4 Å². The monoisotopic (exact) mass is 355 g/mol. The highest BCUT2D eigenvalue weighted by molar-refractivity contribution is 5.82. The van der Waals surface area contributed by atoms with E-state index < -0.39 is 0 Å².